The minimum atomic E-state index is 0.0369. The second kappa shape index (κ2) is 6.80. The number of aryl methyl sites for hydroxylation is 1. The molecule has 1 heterocycles. The van der Waals surface area contributed by atoms with E-state index in [1.165, 1.54) is 0 Å². The van der Waals surface area contributed by atoms with Gasteiger partial charge in [-0.25, -0.2) is 0 Å². The van der Waals surface area contributed by atoms with E-state index in [0.717, 1.165) is 11.3 Å². The largest absolute Gasteiger partial charge is 0.376 e. The van der Waals surface area contributed by atoms with Crippen LogP contribution in [0.5, 0.6) is 0 Å². The molecule has 5 nitrogen and oxygen atoms in total. The van der Waals surface area contributed by atoms with Gasteiger partial charge in [0, 0.05) is 43.8 Å². The third kappa shape index (κ3) is 4.11. The van der Waals surface area contributed by atoms with E-state index in [2.05, 4.69) is 5.32 Å². The number of rotatable bonds is 3. The van der Waals surface area contributed by atoms with Gasteiger partial charge in [0.25, 0.3) is 0 Å². The van der Waals surface area contributed by atoms with Crippen LogP contribution in [0.15, 0.2) is 18.2 Å². The molecule has 114 valence electrons. The van der Waals surface area contributed by atoms with Crippen molar-refractivity contribution < 1.29 is 9.59 Å². The predicted octanol–water partition coefficient (Wildman–Crippen LogP) is 1.75. The molecule has 1 fully saturated rings. The van der Waals surface area contributed by atoms with Crippen molar-refractivity contribution in [2.45, 2.75) is 13.8 Å². The lowest BCUT2D eigenvalue weighted by Gasteiger charge is -2.34. The van der Waals surface area contributed by atoms with Gasteiger partial charge in [-0.1, -0.05) is 17.7 Å². The summed E-state index contributed by atoms with van der Waals surface area (Å²) >= 11 is 6.05. The Balaban J connectivity index is 1.82. The zero-order chi connectivity index (χ0) is 15.4. The molecule has 1 N–H and O–H groups in total. The van der Waals surface area contributed by atoms with E-state index < -0.39 is 0 Å². The summed E-state index contributed by atoms with van der Waals surface area (Å²) in [6, 6.07) is 5.64. The first-order valence-corrected chi connectivity index (χ1v) is 7.38. The van der Waals surface area contributed by atoms with Gasteiger partial charge >= 0.3 is 0 Å². The summed E-state index contributed by atoms with van der Waals surface area (Å²) in [4.78, 5) is 26.9. The number of halogens is 1. The molecule has 0 unspecified atom stereocenters. The average molecular weight is 310 g/mol. The van der Waals surface area contributed by atoms with E-state index in [1.807, 2.05) is 25.1 Å². The van der Waals surface area contributed by atoms with Gasteiger partial charge in [-0.15, -0.1) is 0 Å². The van der Waals surface area contributed by atoms with E-state index >= 15 is 0 Å². The Kier molecular flexibility index (Phi) is 5.07. The van der Waals surface area contributed by atoms with Crippen LogP contribution in [0.25, 0.3) is 0 Å². The highest BCUT2D eigenvalue weighted by Gasteiger charge is 2.21. The molecule has 2 rings (SSSR count). The van der Waals surface area contributed by atoms with Crippen molar-refractivity contribution in [3.05, 3.63) is 28.8 Å². The van der Waals surface area contributed by atoms with E-state index in [4.69, 9.17) is 11.6 Å². The summed E-state index contributed by atoms with van der Waals surface area (Å²) in [7, 11) is 0. The van der Waals surface area contributed by atoms with Crippen LogP contribution in [-0.2, 0) is 9.59 Å². The molecule has 0 saturated carbocycles. The number of piperazine rings is 1. The zero-order valence-corrected chi connectivity index (χ0v) is 13.1. The lowest BCUT2D eigenvalue weighted by molar-refractivity contribution is -0.137. The van der Waals surface area contributed by atoms with Crippen LogP contribution in [0.2, 0.25) is 5.02 Å². The molecule has 1 saturated heterocycles. The van der Waals surface area contributed by atoms with E-state index in [1.54, 1.807) is 16.7 Å². The van der Waals surface area contributed by atoms with Crippen LogP contribution < -0.4 is 5.32 Å². The highest BCUT2D eigenvalue weighted by atomic mass is 35.5. The molecule has 21 heavy (non-hydrogen) atoms. The molecule has 0 aliphatic carbocycles. The summed E-state index contributed by atoms with van der Waals surface area (Å²) in [6.07, 6.45) is 0. The lowest BCUT2D eigenvalue weighted by atomic mass is 10.2. The van der Waals surface area contributed by atoms with Crippen molar-refractivity contribution in [2.75, 3.05) is 38.0 Å². The summed E-state index contributed by atoms with van der Waals surface area (Å²) in [5, 5.41) is 3.77. The molecule has 0 spiro atoms. The van der Waals surface area contributed by atoms with Gasteiger partial charge in [-0.2, -0.15) is 0 Å². The Morgan fingerprint density at radius 2 is 1.81 bits per heavy atom. The SMILES string of the molecule is CC(=O)N1CCN(C(=O)CNc2ccc(C)c(Cl)c2)CC1. The molecule has 1 aromatic rings. The number of hydrogen-bond acceptors (Lipinski definition) is 3. The molecular formula is C15H20ClN3O2. The summed E-state index contributed by atoms with van der Waals surface area (Å²) < 4.78 is 0. The minimum Gasteiger partial charge on any atom is -0.376 e. The molecule has 6 heteroatoms. The van der Waals surface area contributed by atoms with Gasteiger partial charge < -0.3 is 15.1 Å². The Labute approximate surface area is 129 Å². The van der Waals surface area contributed by atoms with E-state index in [9.17, 15) is 9.59 Å². The van der Waals surface area contributed by atoms with Gasteiger partial charge in [0.1, 0.15) is 0 Å². The predicted molar refractivity (Wildman–Crippen MR) is 83.5 cm³/mol. The summed E-state index contributed by atoms with van der Waals surface area (Å²) in [5.41, 5.74) is 1.84. The van der Waals surface area contributed by atoms with Crippen molar-refractivity contribution in [1.82, 2.24) is 9.80 Å². The molecular weight excluding hydrogens is 290 g/mol. The number of hydrogen-bond donors (Lipinski definition) is 1. The van der Waals surface area contributed by atoms with Crippen molar-refractivity contribution in [2.24, 2.45) is 0 Å². The quantitative estimate of drug-likeness (QED) is 0.925. The molecule has 0 atom stereocenters. The van der Waals surface area contributed by atoms with Crippen molar-refractivity contribution in [3.63, 3.8) is 0 Å². The average Bonchev–Trinajstić information content (AvgIpc) is 2.48. The number of nitrogens with one attached hydrogen (secondary N) is 1. The van der Waals surface area contributed by atoms with E-state index in [0.29, 0.717) is 31.2 Å². The van der Waals surface area contributed by atoms with Gasteiger partial charge in [0.15, 0.2) is 0 Å². The standard InChI is InChI=1S/C15H20ClN3O2/c1-11-3-4-13(9-14(11)16)17-10-15(21)19-7-5-18(6-8-19)12(2)20/h3-4,9,17H,5-8,10H2,1-2H3. The number of benzene rings is 1. The van der Waals surface area contributed by atoms with Gasteiger partial charge in [0.05, 0.1) is 6.54 Å². The number of carbonyl (C=O) groups is 2. The Bertz CT molecular complexity index is 540. The fourth-order valence-corrected chi connectivity index (χ4v) is 2.44. The molecule has 2 amide bonds. The Morgan fingerprint density at radius 1 is 1.19 bits per heavy atom. The maximum Gasteiger partial charge on any atom is 0.241 e. The number of anilines is 1. The third-order valence-electron chi connectivity index (χ3n) is 3.69. The van der Waals surface area contributed by atoms with Gasteiger partial charge in [-0.05, 0) is 24.6 Å². The molecule has 0 radical (unpaired) electrons. The Morgan fingerprint density at radius 3 is 2.38 bits per heavy atom. The first kappa shape index (κ1) is 15.6. The second-order valence-electron chi connectivity index (χ2n) is 5.20. The van der Waals surface area contributed by atoms with Crippen molar-refractivity contribution in [3.8, 4) is 0 Å². The maximum absolute atomic E-state index is 12.1. The van der Waals surface area contributed by atoms with Crippen LogP contribution in [0.4, 0.5) is 5.69 Å². The van der Waals surface area contributed by atoms with Gasteiger partial charge in [0.2, 0.25) is 11.8 Å². The van der Waals surface area contributed by atoms with Crippen LogP contribution >= 0.6 is 11.6 Å². The number of carbonyl (C=O) groups excluding carboxylic acids is 2. The molecule has 1 aromatic carbocycles. The fourth-order valence-electron chi connectivity index (χ4n) is 2.26. The fraction of sp³-hybridized carbons (Fsp3) is 0.467. The third-order valence-corrected chi connectivity index (χ3v) is 4.10. The van der Waals surface area contributed by atoms with Crippen LogP contribution in [0, 0.1) is 6.92 Å². The second-order valence-corrected chi connectivity index (χ2v) is 5.61. The summed E-state index contributed by atoms with van der Waals surface area (Å²) in [5.74, 6) is 0.101. The molecule has 1 aliphatic rings. The number of amides is 2. The highest BCUT2D eigenvalue weighted by Crippen LogP contribution is 2.19. The normalized spacial score (nSPS) is 15.0. The molecule has 0 aromatic heterocycles. The van der Waals surface area contributed by atoms with Crippen LogP contribution in [-0.4, -0.2) is 54.3 Å². The zero-order valence-electron chi connectivity index (χ0n) is 12.4. The van der Waals surface area contributed by atoms with Crippen LogP contribution in [0.3, 0.4) is 0 Å². The Hall–Kier alpha value is -1.75. The smallest absolute Gasteiger partial charge is 0.241 e. The molecule has 1 aliphatic heterocycles. The number of nitrogens with zero attached hydrogens (tertiary/aromatic N) is 2. The lowest BCUT2D eigenvalue weighted by Crippen LogP contribution is -2.51. The van der Waals surface area contributed by atoms with Crippen LogP contribution in [0.1, 0.15) is 12.5 Å². The minimum absolute atomic E-state index is 0.0369. The maximum atomic E-state index is 12.1. The van der Waals surface area contributed by atoms with Gasteiger partial charge in [-0.3, -0.25) is 9.59 Å². The summed E-state index contributed by atoms with van der Waals surface area (Å²) in [6.45, 7) is 6.13. The topological polar surface area (TPSA) is 52.7 Å². The molecule has 0 bridgehead atoms. The van der Waals surface area contributed by atoms with E-state index in [-0.39, 0.29) is 18.4 Å². The van der Waals surface area contributed by atoms with Crippen molar-refractivity contribution in [1.29, 1.82) is 0 Å². The first-order valence-electron chi connectivity index (χ1n) is 7.00. The van der Waals surface area contributed by atoms with Crippen molar-refractivity contribution >= 4 is 29.1 Å². The monoisotopic (exact) mass is 309 g/mol. The first-order chi connectivity index (χ1) is 9.97. The highest BCUT2D eigenvalue weighted by molar-refractivity contribution is 6.31.